The molecule has 0 atom stereocenters. The van der Waals surface area contributed by atoms with Gasteiger partial charge in [-0.25, -0.2) is 4.98 Å². The SMILES string of the molecule is C=C(/C=C\C(Cl)=C(/C)C(F)(F)F)NC(=O)Cc1csc(Nc2ccc(CC)c(C(F)(F)F)c2)n1. The molecular formula is C22H20ClF6N3OS. The molecule has 0 radical (unpaired) electrons. The zero-order valence-corrected chi connectivity index (χ0v) is 19.6. The number of amides is 1. The van der Waals surface area contributed by atoms with E-state index in [0.717, 1.165) is 36.5 Å². The summed E-state index contributed by atoms with van der Waals surface area (Å²) in [4.78, 5) is 16.3. The molecule has 0 aliphatic carbocycles. The Morgan fingerprint density at radius 1 is 1.21 bits per heavy atom. The van der Waals surface area contributed by atoms with E-state index in [-0.39, 0.29) is 29.8 Å². The van der Waals surface area contributed by atoms with E-state index in [2.05, 4.69) is 22.2 Å². The van der Waals surface area contributed by atoms with Crippen LogP contribution in [0.2, 0.25) is 0 Å². The number of hydrogen-bond donors (Lipinski definition) is 2. The number of hydrogen-bond acceptors (Lipinski definition) is 4. The summed E-state index contributed by atoms with van der Waals surface area (Å²) in [5.41, 5.74) is -0.986. The Labute approximate surface area is 201 Å². The first-order valence-corrected chi connectivity index (χ1v) is 11.0. The van der Waals surface area contributed by atoms with E-state index >= 15 is 0 Å². The van der Waals surface area contributed by atoms with Crippen LogP contribution in [0, 0.1) is 0 Å². The number of alkyl halides is 6. The van der Waals surface area contributed by atoms with Crippen LogP contribution in [-0.2, 0) is 23.8 Å². The van der Waals surface area contributed by atoms with Gasteiger partial charge < -0.3 is 10.6 Å². The minimum atomic E-state index is -4.57. The largest absolute Gasteiger partial charge is 0.416 e. The number of nitrogens with zero attached hydrogens (tertiary/aromatic N) is 1. The van der Waals surface area contributed by atoms with Gasteiger partial charge in [0.1, 0.15) is 0 Å². The van der Waals surface area contributed by atoms with Gasteiger partial charge in [0.15, 0.2) is 5.13 Å². The zero-order valence-electron chi connectivity index (χ0n) is 18.0. The van der Waals surface area contributed by atoms with Gasteiger partial charge in [-0.2, -0.15) is 26.3 Å². The fourth-order valence-electron chi connectivity index (χ4n) is 2.66. The smallest absolute Gasteiger partial charge is 0.332 e. The molecule has 0 fully saturated rings. The van der Waals surface area contributed by atoms with E-state index < -0.39 is 34.4 Å². The highest BCUT2D eigenvalue weighted by Gasteiger charge is 2.33. The maximum atomic E-state index is 13.2. The van der Waals surface area contributed by atoms with Gasteiger partial charge in [-0.1, -0.05) is 31.2 Å². The minimum Gasteiger partial charge on any atom is -0.332 e. The Hall–Kier alpha value is -2.79. The number of carbonyl (C=O) groups is 1. The van der Waals surface area contributed by atoms with Crippen molar-refractivity contribution >= 4 is 39.7 Å². The molecule has 4 nitrogen and oxygen atoms in total. The summed E-state index contributed by atoms with van der Waals surface area (Å²) < 4.78 is 77.5. The number of aromatic nitrogens is 1. The molecule has 0 saturated carbocycles. The summed E-state index contributed by atoms with van der Waals surface area (Å²) in [6.07, 6.45) is -6.92. The van der Waals surface area contributed by atoms with Crippen LogP contribution in [-0.4, -0.2) is 17.1 Å². The highest BCUT2D eigenvalue weighted by Crippen LogP contribution is 2.35. The number of anilines is 2. The van der Waals surface area contributed by atoms with Gasteiger partial charge >= 0.3 is 12.4 Å². The van der Waals surface area contributed by atoms with E-state index in [4.69, 9.17) is 11.6 Å². The van der Waals surface area contributed by atoms with Gasteiger partial charge in [-0.15, -0.1) is 11.3 Å². The summed E-state index contributed by atoms with van der Waals surface area (Å²) >= 11 is 6.69. The van der Waals surface area contributed by atoms with Crippen LogP contribution in [0.1, 0.15) is 30.7 Å². The van der Waals surface area contributed by atoms with Crippen molar-refractivity contribution in [2.75, 3.05) is 5.32 Å². The quantitative estimate of drug-likeness (QED) is 0.282. The lowest BCUT2D eigenvalue weighted by Gasteiger charge is -2.13. The van der Waals surface area contributed by atoms with Gasteiger partial charge in [0, 0.05) is 27.4 Å². The molecule has 2 rings (SSSR count). The lowest BCUT2D eigenvalue weighted by Crippen LogP contribution is -2.23. The van der Waals surface area contributed by atoms with E-state index in [1.165, 1.54) is 12.1 Å². The molecular weight excluding hydrogens is 504 g/mol. The Morgan fingerprint density at radius 3 is 2.47 bits per heavy atom. The molecule has 184 valence electrons. The van der Waals surface area contributed by atoms with Crippen LogP contribution in [0.15, 0.2) is 58.6 Å². The summed E-state index contributed by atoms with van der Waals surface area (Å²) in [5.74, 6) is -0.536. The third-order valence-corrected chi connectivity index (χ3v) is 5.67. The van der Waals surface area contributed by atoms with Gasteiger partial charge in [-0.3, -0.25) is 4.79 Å². The van der Waals surface area contributed by atoms with Crippen LogP contribution in [0.5, 0.6) is 0 Å². The number of allylic oxidation sites excluding steroid dienone is 4. The van der Waals surface area contributed by atoms with E-state index in [1.807, 2.05) is 0 Å². The predicted molar refractivity (Wildman–Crippen MR) is 121 cm³/mol. The first kappa shape index (κ1) is 27.5. The monoisotopic (exact) mass is 523 g/mol. The van der Waals surface area contributed by atoms with Crippen molar-refractivity contribution in [1.29, 1.82) is 0 Å². The topological polar surface area (TPSA) is 54.0 Å². The first-order chi connectivity index (χ1) is 15.7. The number of halogens is 7. The van der Waals surface area contributed by atoms with Gasteiger partial charge in [0.05, 0.1) is 17.7 Å². The van der Waals surface area contributed by atoms with Gasteiger partial charge in [0.2, 0.25) is 5.91 Å². The Kier molecular flexibility index (Phi) is 8.96. The number of carbonyl (C=O) groups excluding carboxylic acids is 1. The zero-order chi connectivity index (χ0) is 25.7. The summed E-state index contributed by atoms with van der Waals surface area (Å²) in [6, 6.07) is 3.91. The minimum absolute atomic E-state index is 0.0161. The normalized spacial score (nSPS) is 13.1. The second-order valence-electron chi connectivity index (χ2n) is 7.05. The van der Waals surface area contributed by atoms with Crippen LogP contribution < -0.4 is 10.6 Å². The fraction of sp³-hybridized carbons (Fsp3) is 0.273. The van der Waals surface area contributed by atoms with Crippen LogP contribution >= 0.6 is 22.9 Å². The van der Waals surface area contributed by atoms with Gasteiger partial charge in [0.25, 0.3) is 0 Å². The highest BCUT2D eigenvalue weighted by molar-refractivity contribution is 7.13. The molecule has 1 aromatic carbocycles. The van der Waals surface area contributed by atoms with E-state index in [0.29, 0.717) is 10.8 Å². The van der Waals surface area contributed by atoms with Crippen molar-refractivity contribution in [3.05, 3.63) is 75.4 Å². The number of thiazole rings is 1. The molecule has 0 spiro atoms. The second-order valence-corrected chi connectivity index (χ2v) is 8.31. The number of rotatable bonds is 8. The standard InChI is InChI=1S/C22H20ClF6N3OS/c1-4-14-6-7-15(9-17(14)22(27,28)29)31-20-32-16(11-34-20)10-19(33)30-12(2)5-8-18(23)13(3)21(24,25)26/h5-9,11H,2,4,10H2,1,3H3,(H,30,33)(H,31,32)/b8-5-,18-13-. The highest BCUT2D eigenvalue weighted by atomic mass is 35.5. The number of benzene rings is 1. The van der Waals surface area contributed by atoms with E-state index in [1.54, 1.807) is 12.3 Å². The van der Waals surface area contributed by atoms with Crippen LogP contribution in [0.4, 0.5) is 37.2 Å². The summed E-state index contributed by atoms with van der Waals surface area (Å²) in [6.45, 7) is 5.99. The average molecular weight is 524 g/mol. The molecule has 2 aromatic rings. The molecule has 34 heavy (non-hydrogen) atoms. The van der Waals surface area contributed by atoms with Crippen molar-refractivity contribution in [1.82, 2.24) is 10.3 Å². The lowest BCUT2D eigenvalue weighted by molar-refractivity contribution is -0.138. The van der Waals surface area contributed by atoms with Gasteiger partial charge in [-0.05, 0) is 43.2 Å². The Balaban J connectivity index is 1.99. The predicted octanol–water partition coefficient (Wildman–Crippen LogP) is 7.27. The first-order valence-electron chi connectivity index (χ1n) is 9.72. The molecule has 0 aliphatic heterocycles. The van der Waals surface area contributed by atoms with Crippen molar-refractivity contribution in [3.63, 3.8) is 0 Å². The third-order valence-electron chi connectivity index (χ3n) is 4.46. The summed E-state index contributed by atoms with van der Waals surface area (Å²) in [5, 5.41) is 6.49. The Morgan fingerprint density at radius 2 is 1.88 bits per heavy atom. The molecule has 1 amide bonds. The third kappa shape index (κ3) is 7.91. The lowest BCUT2D eigenvalue weighted by atomic mass is 10.0. The average Bonchev–Trinajstić information content (AvgIpc) is 3.16. The molecule has 0 aliphatic rings. The maximum Gasteiger partial charge on any atom is 0.416 e. The molecule has 2 N–H and O–H groups in total. The molecule has 0 saturated heterocycles. The Bertz CT molecular complexity index is 1120. The van der Waals surface area contributed by atoms with Crippen LogP contribution in [0.25, 0.3) is 0 Å². The molecule has 0 unspecified atom stereocenters. The maximum absolute atomic E-state index is 13.2. The van der Waals surface area contributed by atoms with Crippen molar-refractivity contribution in [3.8, 4) is 0 Å². The summed E-state index contributed by atoms with van der Waals surface area (Å²) in [7, 11) is 0. The van der Waals surface area contributed by atoms with E-state index in [9.17, 15) is 31.1 Å². The number of nitrogens with one attached hydrogen (secondary N) is 2. The van der Waals surface area contributed by atoms with Crippen molar-refractivity contribution in [2.45, 2.75) is 39.0 Å². The fourth-order valence-corrected chi connectivity index (χ4v) is 3.56. The molecule has 12 heteroatoms. The second kappa shape index (κ2) is 11.1. The molecule has 1 heterocycles. The number of aryl methyl sites for hydroxylation is 1. The molecule has 1 aromatic heterocycles. The van der Waals surface area contributed by atoms with Crippen molar-refractivity contribution in [2.24, 2.45) is 0 Å². The van der Waals surface area contributed by atoms with Crippen molar-refractivity contribution < 1.29 is 31.1 Å². The van der Waals surface area contributed by atoms with Crippen LogP contribution in [0.3, 0.4) is 0 Å². The molecule has 0 bridgehead atoms.